The van der Waals surface area contributed by atoms with Gasteiger partial charge in [-0.05, 0) is 24.0 Å². The molecule has 0 bridgehead atoms. The molecule has 0 aliphatic carbocycles. The molecule has 3 heterocycles. The lowest BCUT2D eigenvalue weighted by Crippen LogP contribution is -2.30. The smallest absolute Gasteiger partial charge is 0.324 e. The predicted octanol–water partition coefficient (Wildman–Crippen LogP) is 2.98. The lowest BCUT2D eigenvalue weighted by atomic mass is 10.0. The molecule has 2 aromatic rings. The minimum atomic E-state index is -0.115. The molecule has 4 rings (SSSR count). The molecule has 1 fully saturated rings. The first kappa shape index (κ1) is 14.6. The fourth-order valence-corrected chi connectivity index (χ4v) is 3.94. The summed E-state index contributed by atoms with van der Waals surface area (Å²) in [6.45, 7) is 2.84. The summed E-state index contributed by atoms with van der Waals surface area (Å²) in [4.78, 5) is 14.2. The molecule has 0 saturated carbocycles. The van der Waals surface area contributed by atoms with Crippen molar-refractivity contribution in [2.45, 2.75) is 31.8 Å². The van der Waals surface area contributed by atoms with Crippen LogP contribution in [0.4, 0.5) is 9.93 Å². The van der Waals surface area contributed by atoms with E-state index in [2.05, 4.69) is 27.6 Å². The number of urea groups is 1. The number of amides is 2. The number of hydrogen-bond acceptors (Lipinski definition) is 5. The van der Waals surface area contributed by atoms with E-state index in [-0.39, 0.29) is 6.03 Å². The Kier molecular flexibility index (Phi) is 3.97. The summed E-state index contributed by atoms with van der Waals surface area (Å²) in [5.74, 6) is 0.406. The number of rotatable bonds is 2. The Balaban J connectivity index is 1.39. The van der Waals surface area contributed by atoms with Gasteiger partial charge in [0.2, 0.25) is 5.13 Å². The summed E-state index contributed by atoms with van der Waals surface area (Å²) in [5, 5.41) is 12.8. The highest BCUT2D eigenvalue weighted by Crippen LogP contribution is 2.31. The van der Waals surface area contributed by atoms with Crippen LogP contribution in [0.15, 0.2) is 24.3 Å². The molecule has 0 unspecified atom stereocenters. The van der Waals surface area contributed by atoms with Crippen LogP contribution in [-0.2, 0) is 17.8 Å². The number of carbonyl (C=O) groups is 1. The minimum Gasteiger partial charge on any atom is -0.381 e. The molecule has 1 aromatic heterocycles. The molecule has 2 aliphatic rings. The van der Waals surface area contributed by atoms with Gasteiger partial charge in [0.25, 0.3) is 0 Å². The maximum Gasteiger partial charge on any atom is 0.324 e. The largest absolute Gasteiger partial charge is 0.381 e. The van der Waals surface area contributed by atoms with Crippen LogP contribution in [0.2, 0.25) is 0 Å². The number of benzene rings is 1. The average molecular weight is 330 g/mol. The molecule has 120 valence electrons. The second-order valence-electron chi connectivity index (χ2n) is 5.89. The first-order valence-corrected chi connectivity index (χ1v) is 8.65. The summed E-state index contributed by atoms with van der Waals surface area (Å²) < 4.78 is 5.37. The van der Waals surface area contributed by atoms with Gasteiger partial charge in [-0.25, -0.2) is 4.79 Å². The van der Waals surface area contributed by atoms with Crippen LogP contribution in [0, 0.1) is 0 Å². The summed E-state index contributed by atoms with van der Waals surface area (Å²) in [6, 6.07) is 8.03. The topological polar surface area (TPSA) is 67.3 Å². The highest BCUT2D eigenvalue weighted by molar-refractivity contribution is 7.15. The quantitative estimate of drug-likeness (QED) is 0.919. The van der Waals surface area contributed by atoms with E-state index in [4.69, 9.17) is 4.74 Å². The van der Waals surface area contributed by atoms with Gasteiger partial charge in [-0.3, -0.25) is 5.32 Å². The average Bonchev–Trinajstić information content (AvgIpc) is 3.22. The third kappa shape index (κ3) is 3.07. The van der Waals surface area contributed by atoms with Crippen LogP contribution in [0.5, 0.6) is 0 Å². The number of hydrogen-bond donors (Lipinski definition) is 1. The third-order valence-corrected chi connectivity index (χ3v) is 5.35. The SMILES string of the molecule is O=C(Nc1nnc(C2CCOCC2)s1)N1Cc2ccccc2C1. The Labute approximate surface area is 138 Å². The molecule has 0 atom stereocenters. The zero-order valence-electron chi connectivity index (χ0n) is 12.7. The van der Waals surface area contributed by atoms with Crippen LogP contribution in [0.25, 0.3) is 0 Å². The van der Waals surface area contributed by atoms with Gasteiger partial charge in [0.05, 0.1) is 0 Å². The van der Waals surface area contributed by atoms with Crippen molar-refractivity contribution in [2.75, 3.05) is 18.5 Å². The number of nitrogens with one attached hydrogen (secondary N) is 1. The van der Waals surface area contributed by atoms with Gasteiger partial charge in [-0.15, -0.1) is 10.2 Å². The number of nitrogens with zero attached hydrogens (tertiary/aromatic N) is 3. The number of aromatic nitrogens is 2. The standard InChI is InChI=1S/C16H18N4O2S/c21-16(20-9-12-3-1-2-4-13(12)10-20)17-15-19-18-14(23-15)11-5-7-22-8-6-11/h1-4,11H,5-10H2,(H,17,19,21). The van der Waals surface area contributed by atoms with Crippen molar-refractivity contribution in [3.8, 4) is 0 Å². The Bertz CT molecular complexity index is 687. The van der Waals surface area contributed by atoms with Crippen molar-refractivity contribution in [3.05, 3.63) is 40.4 Å². The summed E-state index contributed by atoms with van der Waals surface area (Å²) in [5.41, 5.74) is 2.42. The zero-order valence-corrected chi connectivity index (χ0v) is 13.5. The minimum absolute atomic E-state index is 0.115. The number of carbonyl (C=O) groups excluding carboxylic acids is 1. The second-order valence-corrected chi connectivity index (χ2v) is 6.90. The number of ether oxygens (including phenoxy) is 1. The van der Waals surface area contributed by atoms with Gasteiger partial charge in [0.15, 0.2) is 0 Å². The van der Waals surface area contributed by atoms with E-state index in [0.717, 1.165) is 31.1 Å². The monoisotopic (exact) mass is 330 g/mol. The summed E-state index contributed by atoms with van der Waals surface area (Å²) in [7, 11) is 0. The molecule has 6 nitrogen and oxygen atoms in total. The summed E-state index contributed by atoms with van der Waals surface area (Å²) >= 11 is 1.47. The zero-order chi connectivity index (χ0) is 15.6. The van der Waals surface area contributed by atoms with Crippen LogP contribution >= 0.6 is 11.3 Å². The second kappa shape index (κ2) is 6.25. The Morgan fingerprint density at radius 1 is 1.17 bits per heavy atom. The van der Waals surface area contributed by atoms with E-state index >= 15 is 0 Å². The maximum atomic E-state index is 12.4. The summed E-state index contributed by atoms with van der Waals surface area (Å²) in [6.07, 6.45) is 1.95. The van der Waals surface area contributed by atoms with Crippen molar-refractivity contribution < 1.29 is 9.53 Å². The van der Waals surface area contributed by atoms with Crippen LogP contribution in [0.3, 0.4) is 0 Å². The van der Waals surface area contributed by atoms with Gasteiger partial charge in [-0.1, -0.05) is 35.6 Å². The van der Waals surface area contributed by atoms with E-state index in [1.807, 2.05) is 12.1 Å². The highest BCUT2D eigenvalue weighted by atomic mass is 32.1. The van der Waals surface area contributed by atoms with Gasteiger partial charge < -0.3 is 9.64 Å². The van der Waals surface area contributed by atoms with Gasteiger partial charge in [0.1, 0.15) is 5.01 Å². The van der Waals surface area contributed by atoms with Crippen LogP contribution < -0.4 is 5.32 Å². The van der Waals surface area contributed by atoms with Crippen LogP contribution in [-0.4, -0.2) is 34.3 Å². The van der Waals surface area contributed by atoms with E-state index in [1.54, 1.807) is 4.90 Å². The molecule has 7 heteroatoms. The lowest BCUT2D eigenvalue weighted by Gasteiger charge is -2.19. The molecule has 23 heavy (non-hydrogen) atoms. The van der Waals surface area contributed by atoms with Crippen molar-refractivity contribution >= 4 is 22.5 Å². The predicted molar refractivity (Wildman–Crippen MR) is 87.4 cm³/mol. The lowest BCUT2D eigenvalue weighted by molar-refractivity contribution is 0.0851. The molecule has 1 N–H and O–H groups in total. The number of anilines is 1. The first-order valence-electron chi connectivity index (χ1n) is 7.83. The van der Waals surface area contributed by atoms with Gasteiger partial charge in [-0.2, -0.15) is 0 Å². The van der Waals surface area contributed by atoms with Crippen molar-refractivity contribution in [1.82, 2.24) is 15.1 Å². The van der Waals surface area contributed by atoms with E-state index in [1.165, 1.54) is 22.5 Å². The third-order valence-electron chi connectivity index (χ3n) is 4.35. The Morgan fingerprint density at radius 2 is 1.87 bits per heavy atom. The molecule has 0 spiro atoms. The van der Waals surface area contributed by atoms with Crippen LogP contribution in [0.1, 0.15) is 34.9 Å². The van der Waals surface area contributed by atoms with Crippen molar-refractivity contribution in [1.29, 1.82) is 0 Å². The molecule has 1 aromatic carbocycles. The molecule has 1 saturated heterocycles. The van der Waals surface area contributed by atoms with Gasteiger partial charge in [0, 0.05) is 32.2 Å². The van der Waals surface area contributed by atoms with E-state index < -0.39 is 0 Å². The number of fused-ring (bicyclic) bond motifs is 1. The van der Waals surface area contributed by atoms with Gasteiger partial charge >= 0.3 is 6.03 Å². The van der Waals surface area contributed by atoms with E-state index in [9.17, 15) is 4.79 Å². The first-order chi connectivity index (χ1) is 11.3. The fraction of sp³-hybridized carbons (Fsp3) is 0.438. The molecule has 2 aliphatic heterocycles. The maximum absolute atomic E-state index is 12.4. The fourth-order valence-electron chi connectivity index (χ4n) is 3.04. The van der Waals surface area contributed by atoms with Crippen molar-refractivity contribution in [3.63, 3.8) is 0 Å². The highest BCUT2D eigenvalue weighted by Gasteiger charge is 2.25. The molecule has 2 amide bonds. The molecule has 0 radical (unpaired) electrons. The van der Waals surface area contributed by atoms with Crippen molar-refractivity contribution in [2.24, 2.45) is 0 Å². The normalized spacial score (nSPS) is 18.0. The Morgan fingerprint density at radius 3 is 2.57 bits per heavy atom. The Hall–Kier alpha value is -1.99. The molecular weight excluding hydrogens is 312 g/mol. The molecular formula is C16H18N4O2S. The van der Waals surface area contributed by atoms with E-state index in [0.29, 0.717) is 24.1 Å².